The number of halogens is 1. The van der Waals surface area contributed by atoms with Gasteiger partial charge in [0.25, 0.3) is 0 Å². The van der Waals surface area contributed by atoms with E-state index < -0.39 is 0 Å². The highest BCUT2D eigenvalue weighted by Gasteiger charge is 2.23. The fourth-order valence-corrected chi connectivity index (χ4v) is 2.21. The van der Waals surface area contributed by atoms with Gasteiger partial charge >= 0.3 is 0 Å². The van der Waals surface area contributed by atoms with E-state index in [0.29, 0.717) is 23.2 Å². The first kappa shape index (κ1) is 15.0. The summed E-state index contributed by atoms with van der Waals surface area (Å²) in [5.41, 5.74) is 0.936. The number of benzene rings is 1. The maximum absolute atomic E-state index is 6.49. The SMILES string of the molecule is CCC(C)C(Cl)c1ccc(OC)c(OC)c1OC. The molecule has 0 aliphatic carbocycles. The molecule has 18 heavy (non-hydrogen) atoms. The van der Waals surface area contributed by atoms with E-state index in [2.05, 4.69) is 13.8 Å². The van der Waals surface area contributed by atoms with Gasteiger partial charge in [0, 0.05) is 5.56 Å². The maximum Gasteiger partial charge on any atom is 0.203 e. The Morgan fingerprint density at radius 2 is 1.67 bits per heavy atom. The molecule has 1 aromatic carbocycles. The second-order valence-electron chi connectivity index (χ2n) is 4.21. The molecule has 0 saturated carbocycles. The Bertz CT molecular complexity index is 393. The number of alkyl halides is 1. The van der Waals surface area contributed by atoms with Gasteiger partial charge in [-0.25, -0.2) is 0 Å². The second kappa shape index (κ2) is 6.74. The van der Waals surface area contributed by atoms with Crippen molar-refractivity contribution in [1.82, 2.24) is 0 Å². The van der Waals surface area contributed by atoms with Gasteiger partial charge < -0.3 is 14.2 Å². The van der Waals surface area contributed by atoms with Crippen molar-refractivity contribution in [2.24, 2.45) is 5.92 Å². The Labute approximate surface area is 114 Å². The van der Waals surface area contributed by atoms with Gasteiger partial charge in [-0.15, -0.1) is 11.6 Å². The van der Waals surface area contributed by atoms with Crippen LogP contribution in [0.2, 0.25) is 0 Å². The largest absolute Gasteiger partial charge is 0.493 e. The third kappa shape index (κ3) is 2.83. The smallest absolute Gasteiger partial charge is 0.203 e. The Balaban J connectivity index is 3.28. The van der Waals surface area contributed by atoms with Gasteiger partial charge in [-0.05, 0) is 18.1 Å². The summed E-state index contributed by atoms with van der Waals surface area (Å²) in [5, 5.41) is -0.107. The molecule has 3 nitrogen and oxygen atoms in total. The Morgan fingerprint density at radius 1 is 1.06 bits per heavy atom. The van der Waals surface area contributed by atoms with Crippen molar-refractivity contribution in [3.05, 3.63) is 17.7 Å². The first-order chi connectivity index (χ1) is 8.60. The summed E-state index contributed by atoms with van der Waals surface area (Å²) in [7, 11) is 4.81. The summed E-state index contributed by atoms with van der Waals surface area (Å²) in [6, 6.07) is 3.79. The van der Waals surface area contributed by atoms with Crippen molar-refractivity contribution in [3.8, 4) is 17.2 Å². The summed E-state index contributed by atoms with van der Waals surface area (Å²) in [6.45, 7) is 4.24. The van der Waals surface area contributed by atoms with Gasteiger partial charge in [0.1, 0.15) is 0 Å². The summed E-state index contributed by atoms with van der Waals surface area (Å²) < 4.78 is 16.0. The summed E-state index contributed by atoms with van der Waals surface area (Å²) in [5.74, 6) is 2.24. The van der Waals surface area contributed by atoms with Crippen LogP contribution in [0.1, 0.15) is 31.2 Å². The maximum atomic E-state index is 6.49. The highest BCUT2D eigenvalue weighted by atomic mass is 35.5. The third-order valence-electron chi connectivity index (χ3n) is 3.18. The van der Waals surface area contributed by atoms with E-state index in [1.807, 2.05) is 12.1 Å². The van der Waals surface area contributed by atoms with Crippen molar-refractivity contribution in [2.75, 3.05) is 21.3 Å². The molecule has 1 rings (SSSR count). The van der Waals surface area contributed by atoms with Crippen LogP contribution >= 0.6 is 11.6 Å². The molecule has 0 amide bonds. The fraction of sp³-hybridized carbons (Fsp3) is 0.571. The van der Waals surface area contributed by atoms with Crippen molar-refractivity contribution in [3.63, 3.8) is 0 Å². The van der Waals surface area contributed by atoms with Crippen molar-refractivity contribution in [2.45, 2.75) is 25.6 Å². The van der Waals surface area contributed by atoms with E-state index in [1.165, 1.54) is 0 Å². The lowest BCUT2D eigenvalue weighted by atomic mass is 9.97. The molecular weight excluding hydrogens is 252 g/mol. The number of hydrogen-bond donors (Lipinski definition) is 0. The van der Waals surface area contributed by atoms with Crippen molar-refractivity contribution in [1.29, 1.82) is 0 Å². The van der Waals surface area contributed by atoms with Crippen LogP contribution < -0.4 is 14.2 Å². The number of rotatable bonds is 6. The van der Waals surface area contributed by atoms with E-state index in [4.69, 9.17) is 25.8 Å². The molecule has 0 aliphatic rings. The average Bonchev–Trinajstić information content (AvgIpc) is 2.43. The standard InChI is InChI=1S/C14H21ClO3/c1-6-9(2)12(15)10-7-8-11(16-3)14(18-5)13(10)17-4/h7-9,12H,6H2,1-5H3. The van der Waals surface area contributed by atoms with Crippen LogP contribution in [0.25, 0.3) is 0 Å². The van der Waals surface area contributed by atoms with Crippen LogP contribution in [-0.4, -0.2) is 21.3 Å². The zero-order valence-electron chi connectivity index (χ0n) is 11.6. The van der Waals surface area contributed by atoms with E-state index in [1.54, 1.807) is 21.3 Å². The molecule has 0 bridgehead atoms. The minimum absolute atomic E-state index is 0.107. The zero-order valence-corrected chi connectivity index (χ0v) is 12.4. The van der Waals surface area contributed by atoms with Crippen LogP contribution in [0.3, 0.4) is 0 Å². The summed E-state index contributed by atoms with van der Waals surface area (Å²) >= 11 is 6.49. The molecule has 1 aromatic rings. The highest BCUT2D eigenvalue weighted by molar-refractivity contribution is 6.21. The molecule has 2 atom stereocenters. The molecule has 2 unspecified atom stereocenters. The normalized spacial score (nSPS) is 13.9. The van der Waals surface area contributed by atoms with E-state index in [-0.39, 0.29) is 5.38 Å². The predicted octanol–water partition coefficient (Wildman–Crippen LogP) is 4.04. The van der Waals surface area contributed by atoms with E-state index in [0.717, 1.165) is 12.0 Å². The van der Waals surface area contributed by atoms with Crippen molar-refractivity contribution < 1.29 is 14.2 Å². The van der Waals surface area contributed by atoms with Gasteiger partial charge in [-0.3, -0.25) is 0 Å². The molecule has 0 saturated heterocycles. The van der Waals surface area contributed by atoms with Gasteiger partial charge in [-0.1, -0.05) is 20.3 Å². The lowest BCUT2D eigenvalue weighted by Crippen LogP contribution is -2.06. The minimum atomic E-state index is -0.107. The van der Waals surface area contributed by atoms with Gasteiger partial charge in [0.05, 0.1) is 26.7 Å². The lowest BCUT2D eigenvalue weighted by molar-refractivity contribution is 0.320. The molecule has 0 spiro atoms. The Hall–Kier alpha value is -1.09. The lowest BCUT2D eigenvalue weighted by Gasteiger charge is -2.21. The molecule has 0 heterocycles. The first-order valence-electron chi connectivity index (χ1n) is 6.03. The van der Waals surface area contributed by atoms with Crippen LogP contribution in [0.4, 0.5) is 0 Å². The third-order valence-corrected chi connectivity index (χ3v) is 3.84. The molecule has 0 radical (unpaired) electrons. The molecule has 102 valence electrons. The van der Waals surface area contributed by atoms with Gasteiger partial charge in [0.15, 0.2) is 11.5 Å². The van der Waals surface area contributed by atoms with Crippen LogP contribution in [0, 0.1) is 5.92 Å². The Morgan fingerprint density at radius 3 is 2.11 bits per heavy atom. The Kier molecular flexibility index (Phi) is 5.60. The average molecular weight is 273 g/mol. The monoisotopic (exact) mass is 272 g/mol. The minimum Gasteiger partial charge on any atom is -0.493 e. The summed E-state index contributed by atoms with van der Waals surface area (Å²) in [6.07, 6.45) is 1.01. The van der Waals surface area contributed by atoms with Gasteiger partial charge in [0.2, 0.25) is 5.75 Å². The van der Waals surface area contributed by atoms with Crippen LogP contribution in [-0.2, 0) is 0 Å². The number of ether oxygens (including phenoxy) is 3. The molecule has 0 aromatic heterocycles. The number of hydrogen-bond acceptors (Lipinski definition) is 3. The van der Waals surface area contributed by atoms with Crippen LogP contribution in [0.15, 0.2) is 12.1 Å². The van der Waals surface area contributed by atoms with Crippen molar-refractivity contribution >= 4 is 11.6 Å². The fourth-order valence-electron chi connectivity index (χ4n) is 1.86. The molecular formula is C14H21ClO3. The molecule has 4 heteroatoms. The second-order valence-corrected chi connectivity index (χ2v) is 4.68. The van der Waals surface area contributed by atoms with Gasteiger partial charge in [-0.2, -0.15) is 0 Å². The topological polar surface area (TPSA) is 27.7 Å². The van der Waals surface area contributed by atoms with E-state index in [9.17, 15) is 0 Å². The predicted molar refractivity (Wildman–Crippen MR) is 74.1 cm³/mol. The summed E-state index contributed by atoms with van der Waals surface area (Å²) in [4.78, 5) is 0. The zero-order chi connectivity index (χ0) is 13.7. The molecule has 0 aliphatic heterocycles. The molecule has 0 fully saturated rings. The quantitative estimate of drug-likeness (QED) is 0.732. The van der Waals surface area contributed by atoms with Crippen LogP contribution in [0.5, 0.6) is 17.2 Å². The van der Waals surface area contributed by atoms with E-state index >= 15 is 0 Å². The first-order valence-corrected chi connectivity index (χ1v) is 6.47. The number of methoxy groups -OCH3 is 3. The highest BCUT2D eigenvalue weighted by Crippen LogP contribution is 2.45. The molecule has 0 N–H and O–H groups in total.